The van der Waals surface area contributed by atoms with E-state index in [0.717, 1.165) is 29.3 Å². The van der Waals surface area contributed by atoms with E-state index in [1.54, 1.807) is 0 Å². The van der Waals surface area contributed by atoms with E-state index in [2.05, 4.69) is 22.4 Å². The summed E-state index contributed by atoms with van der Waals surface area (Å²) < 4.78 is 0. The zero-order chi connectivity index (χ0) is 12.0. The van der Waals surface area contributed by atoms with Crippen LogP contribution in [0.1, 0.15) is 30.1 Å². The van der Waals surface area contributed by atoms with Gasteiger partial charge in [0.25, 0.3) is 5.91 Å². The van der Waals surface area contributed by atoms with Crippen LogP contribution >= 0.6 is 23.1 Å². The number of anilines is 1. The molecular weight excluding hydrogens is 244 g/mol. The van der Waals surface area contributed by atoms with Gasteiger partial charge in [-0.25, -0.2) is 0 Å². The lowest BCUT2D eigenvalue weighted by molar-refractivity contribution is 0.0938. The van der Waals surface area contributed by atoms with Crippen molar-refractivity contribution in [2.24, 2.45) is 0 Å². The summed E-state index contributed by atoms with van der Waals surface area (Å²) in [7, 11) is 0. The first-order chi connectivity index (χ1) is 7.63. The summed E-state index contributed by atoms with van der Waals surface area (Å²) in [5.41, 5.74) is 5.41. The number of carbonyl (C=O) groups excluding carboxylic acids is 1. The normalized spacial score (nSPS) is 12.4. The molecule has 16 heavy (non-hydrogen) atoms. The first-order valence-electron chi connectivity index (χ1n) is 5.11. The molecule has 90 valence electrons. The molecule has 0 spiro atoms. The lowest BCUT2D eigenvalue weighted by atomic mass is 10.2. The average molecular weight is 260 g/mol. The summed E-state index contributed by atoms with van der Waals surface area (Å²) in [6.07, 6.45) is 0.957. The molecule has 1 amide bonds. The van der Waals surface area contributed by atoms with E-state index < -0.39 is 0 Å². The summed E-state index contributed by atoms with van der Waals surface area (Å²) in [6.45, 7) is 4.11. The number of nitrogen functional groups attached to an aromatic ring is 1. The zero-order valence-electron chi connectivity index (χ0n) is 9.40. The number of thioether (sulfide) groups is 1. The van der Waals surface area contributed by atoms with E-state index in [0.29, 0.717) is 10.1 Å². The largest absolute Gasteiger partial charge is 0.374 e. The molecule has 0 aliphatic carbocycles. The van der Waals surface area contributed by atoms with Gasteiger partial charge in [0.15, 0.2) is 0 Å². The van der Waals surface area contributed by atoms with Crippen molar-refractivity contribution in [1.82, 2.24) is 15.5 Å². The minimum absolute atomic E-state index is 0.150. The van der Waals surface area contributed by atoms with Gasteiger partial charge in [-0.2, -0.15) is 11.8 Å². The first kappa shape index (κ1) is 13.2. The van der Waals surface area contributed by atoms with E-state index >= 15 is 0 Å². The molecule has 1 aromatic rings. The monoisotopic (exact) mass is 260 g/mol. The minimum atomic E-state index is -0.191. The number of hydrogen-bond acceptors (Lipinski definition) is 6. The Bertz CT molecular complexity index is 342. The highest BCUT2D eigenvalue weighted by Gasteiger charge is 2.13. The first-order valence-corrected chi connectivity index (χ1v) is 7.08. The van der Waals surface area contributed by atoms with Crippen molar-refractivity contribution in [3.63, 3.8) is 0 Å². The van der Waals surface area contributed by atoms with Crippen LogP contribution < -0.4 is 11.1 Å². The van der Waals surface area contributed by atoms with Crippen LogP contribution in [0, 0.1) is 0 Å². The summed E-state index contributed by atoms with van der Waals surface area (Å²) in [5.74, 6) is 1.97. The molecule has 0 bridgehead atoms. The van der Waals surface area contributed by atoms with Gasteiger partial charge in [0.1, 0.15) is 0 Å². The van der Waals surface area contributed by atoms with Crippen LogP contribution in [0.15, 0.2) is 0 Å². The van der Waals surface area contributed by atoms with Gasteiger partial charge in [-0.3, -0.25) is 4.79 Å². The van der Waals surface area contributed by atoms with Crippen molar-refractivity contribution < 1.29 is 4.79 Å². The molecule has 7 heteroatoms. The Labute approximate surface area is 103 Å². The number of nitrogens with one attached hydrogen (secondary N) is 1. The summed E-state index contributed by atoms with van der Waals surface area (Å²) in [6, 6.07) is 0.150. The molecule has 1 aromatic heterocycles. The standard InChI is InChI=1S/C9H16N4OS2/c1-3-15-5-4-6(2)11-7(14)8-12-13-9(10)16-8/h6H,3-5H2,1-2H3,(H2,10,13)(H,11,14). The average Bonchev–Trinajstić information content (AvgIpc) is 2.65. The predicted molar refractivity (Wildman–Crippen MR) is 68.9 cm³/mol. The van der Waals surface area contributed by atoms with Gasteiger partial charge in [-0.05, 0) is 24.9 Å². The van der Waals surface area contributed by atoms with Gasteiger partial charge in [-0.15, -0.1) is 10.2 Å². The van der Waals surface area contributed by atoms with Gasteiger partial charge < -0.3 is 11.1 Å². The highest BCUT2D eigenvalue weighted by atomic mass is 32.2. The SMILES string of the molecule is CCSCCC(C)NC(=O)c1nnc(N)s1. The molecule has 5 nitrogen and oxygen atoms in total. The third-order valence-electron chi connectivity index (χ3n) is 1.91. The molecule has 0 radical (unpaired) electrons. The second kappa shape index (κ2) is 6.70. The van der Waals surface area contributed by atoms with E-state index in [1.807, 2.05) is 18.7 Å². The highest BCUT2D eigenvalue weighted by molar-refractivity contribution is 7.99. The molecular formula is C9H16N4OS2. The Balaban J connectivity index is 2.33. The Morgan fingerprint density at radius 2 is 2.38 bits per heavy atom. The molecule has 0 aromatic carbocycles. The van der Waals surface area contributed by atoms with Crippen LogP contribution in [0.4, 0.5) is 5.13 Å². The van der Waals surface area contributed by atoms with Crippen molar-refractivity contribution in [2.45, 2.75) is 26.3 Å². The van der Waals surface area contributed by atoms with Gasteiger partial charge in [-0.1, -0.05) is 18.3 Å². The predicted octanol–water partition coefficient (Wildman–Crippen LogP) is 1.38. The van der Waals surface area contributed by atoms with Crippen LogP contribution in [0.5, 0.6) is 0 Å². The van der Waals surface area contributed by atoms with Gasteiger partial charge in [0.05, 0.1) is 0 Å². The van der Waals surface area contributed by atoms with Crippen molar-refractivity contribution in [3.05, 3.63) is 5.01 Å². The van der Waals surface area contributed by atoms with Gasteiger partial charge >= 0.3 is 0 Å². The third kappa shape index (κ3) is 4.36. The number of hydrogen-bond donors (Lipinski definition) is 2. The topological polar surface area (TPSA) is 80.9 Å². The Kier molecular flexibility index (Phi) is 5.54. The fraction of sp³-hybridized carbons (Fsp3) is 0.667. The second-order valence-electron chi connectivity index (χ2n) is 3.31. The van der Waals surface area contributed by atoms with E-state index in [4.69, 9.17) is 5.73 Å². The van der Waals surface area contributed by atoms with Gasteiger partial charge in [0, 0.05) is 6.04 Å². The molecule has 0 aliphatic rings. The van der Waals surface area contributed by atoms with Crippen molar-refractivity contribution >= 4 is 34.1 Å². The lowest BCUT2D eigenvalue weighted by Crippen LogP contribution is -2.32. The molecule has 1 unspecified atom stereocenters. The van der Waals surface area contributed by atoms with Crippen LogP contribution in [-0.4, -0.2) is 33.7 Å². The summed E-state index contributed by atoms with van der Waals surface area (Å²) >= 11 is 2.97. The number of rotatable bonds is 6. The maximum absolute atomic E-state index is 11.6. The quantitative estimate of drug-likeness (QED) is 0.755. The van der Waals surface area contributed by atoms with Crippen molar-refractivity contribution in [3.8, 4) is 0 Å². The third-order valence-corrected chi connectivity index (χ3v) is 3.60. The number of nitrogens with zero attached hydrogens (tertiary/aromatic N) is 2. The van der Waals surface area contributed by atoms with Crippen LogP contribution in [-0.2, 0) is 0 Å². The Morgan fingerprint density at radius 1 is 1.62 bits per heavy atom. The molecule has 0 fully saturated rings. The molecule has 0 aliphatic heterocycles. The van der Waals surface area contributed by atoms with Gasteiger partial charge in [0.2, 0.25) is 10.1 Å². The summed E-state index contributed by atoms with van der Waals surface area (Å²) in [4.78, 5) is 11.6. The number of nitrogens with two attached hydrogens (primary N) is 1. The highest BCUT2D eigenvalue weighted by Crippen LogP contribution is 2.11. The fourth-order valence-electron chi connectivity index (χ4n) is 1.09. The maximum atomic E-state index is 11.6. The number of amides is 1. The Hall–Kier alpha value is -0.820. The lowest BCUT2D eigenvalue weighted by Gasteiger charge is -2.11. The summed E-state index contributed by atoms with van der Waals surface area (Å²) in [5, 5.41) is 10.8. The smallest absolute Gasteiger partial charge is 0.282 e. The minimum Gasteiger partial charge on any atom is -0.374 e. The number of aromatic nitrogens is 2. The fourth-order valence-corrected chi connectivity index (χ4v) is 2.41. The molecule has 1 rings (SSSR count). The Morgan fingerprint density at radius 3 is 2.94 bits per heavy atom. The molecule has 0 saturated carbocycles. The molecule has 1 atom stereocenters. The van der Waals surface area contributed by atoms with E-state index in [-0.39, 0.29) is 11.9 Å². The molecule has 1 heterocycles. The van der Waals surface area contributed by atoms with Crippen LogP contribution in [0.3, 0.4) is 0 Å². The molecule has 3 N–H and O–H groups in total. The van der Waals surface area contributed by atoms with Crippen LogP contribution in [0.2, 0.25) is 0 Å². The van der Waals surface area contributed by atoms with E-state index in [9.17, 15) is 4.79 Å². The van der Waals surface area contributed by atoms with Crippen LogP contribution in [0.25, 0.3) is 0 Å². The number of carbonyl (C=O) groups is 1. The van der Waals surface area contributed by atoms with E-state index in [1.165, 1.54) is 0 Å². The van der Waals surface area contributed by atoms with Crippen molar-refractivity contribution in [2.75, 3.05) is 17.2 Å². The second-order valence-corrected chi connectivity index (χ2v) is 5.71. The van der Waals surface area contributed by atoms with Crippen molar-refractivity contribution in [1.29, 1.82) is 0 Å². The maximum Gasteiger partial charge on any atom is 0.282 e. The molecule has 0 saturated heterocycles. The zero-order valence-corrected chi connectivity index (χ0v) is 11.0.